The molecule has 104 valence electrons. The van der Waals surface area contributed by atoms with Crippen LogP contribution in [0.25, 0.3) is 0 Å². The second-order valence-electron chi connectivity index (χ2n) is 5.55. The monoisotopic (exact) mass is 267 g/mol. The zero-order valence-corrected chi connectivity index (χ0v) is 11.9. The molecule has 20 heavy (non-hydrogen) atoms. The number of nitrogens with zero attached hydrogens (tertiary/aromatic N) is 1. The van der Waals surface area contributed by atoms with Crippen molar-refractivity contribution in [2.75, 3.05) is 11.4 Å². The maximum Gasteiger partial charge on any atom is 0.115 e. The van der Waals surface area contributed by atoms with Crippen molar-refractivity contribution in [3.63, 3.8) is 0 Å². The van der Waals surface area contributed by atoms with E-state index in [9.17, 15) is 5.11 Å². The van der Waals surface area contributed by atoms with Gasteiger partial charge < -0.3 is 10.0 Å². The van der Waals surface area contributed by atoms with Crippen molar-refractivity contribution in [3.8, 4) is 5.75 Å². The number of hydrogen-bond acceptors (Lipinski definition) is 2. The number of aryl methyl sites for hydroxylation is 1. The van der Waals surface area contributed by atoms with Gasteiger partial charge in [0.05, 0.1) is 6.04 Å². The Balaban J connectivity index is 1.97. The number of phenolic OH excluding ortho intramolecular Hbond substituents is 1. The Hall–Kier alpha value is -1.96. The lowest BCUT2D eigenvalue weighted by atomic mass is 10.0. The molecule has 0 saturated heterocycles. The zero-order chi connectivity index (χ0) is 13.9. The number of rotatable bonds is 2. The number of phenols is 1. The summed E-state index contributed by atoms with van der Waals surface area (Å²) in [6.45, 7) is 3.30. The predicted octanol–water partition coefficient (Wildman–Crippen LogP) is 4.30. The molecule has 1 unspecified atom stereocenters. The predicted molar refractivity (Wildman–Crippen MR) is 83.2 cm³/mol. The molecule has 0 bridgehead atoms. The largest absolute Gasteiger partial charge is 0.508 e. The average molecular weight is 267 g/mol. The molecule has 1 atom stereocenters. The third-order valence-corrected chi connectivity index (χ3v) is 4.22. The summed E-state index contributed by atoms with van der Waals surface area (Å²) in [7, 11) is 0. The number of aromatic hydroxyl groups is 1. The molecular formula is C18H21NO. The Bertz CT molecular complexity index is 593. The van der Waals surface area contributed by atoms with Gasteiger partial charge >= 0.3 is 0 Å². The third-order valence-electron chi connectivity index (χ3n) is 4.22. The van der Waals surface area contributed by atoms with E-state index in [-0.39, 0.29) is 6.04 Å². The average Bonchev–Trinajstić information content (AvgIpc) is 2.69. The van der Waals surface area contributed by atoms with Gasteiger partial charge in [-0.15, -0.1) is 0 Å². The lowest BCUT2D eigenvalue weighted by Crippen LogP contribution is -2.27. The van der Waals surface area contributed by atoms with Crippen LogP contribution in [0.5, 0.6) is 5.75 Å². The van der Waals surface area contributed by atoms with Crippen LogP contribution in [-0.2, 0) is 6.42 Å². The van der Waals surface area contributed by atoms with Crippen LogP contribution in [0.2, 0.25) is 0 Å². The molecule has 2 heteroatoms. The quantitative estimate of drug-likeness (QED) is 0.877. The Morgan fingerprint density at radius 2 is 1.90 bits per heavy atom. The SMILES string of the molecule is CC(c1cccc(O)c1)N1CCCCc2ccccc21. The van der Waals surface area contributed by atoms with Crippen molar-refractivity contribution in [1.82, 2.24) is 0 Å². The van der Waals surface area contributed by atoms with E-state index in [1.807, 2.05) is 12.1 Å². The second kappa shape index (κ2) is 5.58. The topological polar surface area (TPSA) is 23.5 Å². The molecule has 0 aliphatic carbocycles. The highest BCUT2D eigenvalue weighted by atomic mass is 16.3. The van der Waals surface area contributed by atoms with E-state index >= 15 is 0 Å². The van der Waals surface area contributed by atoms with E-state index in [1.165, 1.54) is 36.1 Å². The van der Waals surface area contributed by atoms with Gasteiger partial charge in [0.1, 0.15) is 5.75 Å². The lowest BCUT2D eigenvalue weighted by molar-refractivity contribution is 0.473. The number of para-hydroxylation sites is 1. The van der Waals surface area contributed by atoms with Crippen LogP contribution in [0.1, 0.15) is 36.9 Å². The molecule has 0 spiro atoms. The van der Waals surface area contributed by atoms with Crippen LogP contribution in [0, 0.1) is 0 Å². The minimum atomic E-state index is 0.279. The highest BCUT2D eigenvalue weighted by Gasteiger charge is 2.20. The zero-order valence-electron chi connectivity index (χ0n) is 11.9. The van der Waals surface area contributed by atoms with Gasteiger partial charge in [-0.05, 0) is 55.5 Å². The molecule has 1 heterocycles. The van der Waals surface area contributed by atoms with Gasteiger partial charge in [-0.2, -0.15) is 0 Å². The van der Waals surface area contributed by atoms with Gasteiger partial charge in [0.15, 0.2) is 0 Å². The van der Waals surface area contributed by atoms with Crippen molar-refractivity contribution in [3.05, 3.63) is 59.7 Å². The molecule has 0 saturated carbocycles. The molecule has 2 aromatic carbocycles. The molecule has 3 rings (SSSR count). The summed E-state index contributed by atoms with van der Waals surface area (Å²) in [6, 6.07) is 16.6. The summed E-state index contributed by atoms with van der Waals surface area (Å²) in [4.78, 5) is 2.47. The second-order valence-corrected chi connectivity index (χ2v) is 5.55. The molecule has 1 aliphatic heterocycles. The van der Waals surface area contributed by atoms with Crippen LogP contribution >= 0.6 is 0 Å². The Morgan fingerprint density at radius 3 is 2.75 bits per heavy atom. The fourth-order valence-corrected chi connectivity index (χ4v) is 3.09. The van der Waals surface area contributed by atoms with Gasteiger partial charge in [0.25, 0.3) is 0 Å². The van der Waals surface area contributed by atoms with E-state index in [0.717, 1.165) is 6.54 Å². The molecule has 1 aliphatic rings. The molecule has 0 radical (unpaired) electrons. The molecular weight excluding hydrogens is 246 g/mol. The standard InChI is InChI=1S/C18H21NO/c1-14(16-9-6-10-17(20)13-16)19-12-5-4-8-15-7-2-3-11-18(15)19/h2-3,6-7,9-11,13-14,20H,4-5,8,12H2,1H3. The smallest absolute Gasteiger partial charge is 0.115 e. The number of fused-ring (bicyclic) bond motifs is 1. The van der Waals surface area contributed by atoms with Crippen LogP contribution in [-0.4, -0.2) is 11.7 Å². The van der Waals surface area contributed by atoms with Crippen molar-refractivity contribution in [1.29, 1.82) is 0 Å². The van der Waals surface area contributed by atoms with Crippen molar-refractivity contribution < 1.29 is 5.11 Å². The van der Waals surface area contributed by atoms with Crippen LogP contribution < -0.4 is 4.90 Å². The highest BCUT2D eigenvalue weighted by Crippen LogP contribution is 2.33. The van der Waals surface area contributed by atoms with Crippen LogP contribution in [0.15, 0.2) is 48.5 Å². The summed E-state index contributed by atoms with van der Waals surface area (Å²) in [5.41, 5.74) is 3.96. The third kappa shape index (κ3) is 2.51. The highest BCUT2D eigenvalue weighted by molar-refractivity contribution is 5.56. The minimum Gasteiger partial charge on any atom is -0.508 e. The molecule has 0 aromatic heterocycles. The first-order valence-corrected chi connectivity index (χ1v) is 7.39. The minimum absolute atomic E-state index is 0.279. The van der Waals surface area contributed by atoms with Gasteiger partial charge in [-0.3, -0.25) is 0 Å². The van der Waals surface area contributed by atoms with Crippen LogP contribution in [0.4, 0.5) is 5.69 Å². The Morgan fingerprint density at radius 1 is 1.05 bits per heavy atom. The van der Waals surface area contributed by atoms with E-state index in [2.05, 4.69) is 42.2 Å². The summed E-state index contributed by atoms with van der Waals surface area (Å²) in [5, 5.41) is 9.69. The van der Waals surface area contributed by atoms with Gasteiger partial charge in [-0.25, -0.2) is 0 Å². The normalized spacial score (nSPS) is 16.4. The summed E-state index contributed by atoms with van der Waals surface area (Å²) in [6.07, 6.45) is 3.64. The van der Waals surface area contributed by atoms with Gasteiger partial charge in [0.2, 0.25) is 0 Å². The van der Waals surface area contributed by atoms with Crippen LogP contribution in [0.3, 0.4) is 0 Å². The Kier molecular flexibility index (Phi) is 3.64. The molecule has 2 nitrogen and oxygen atoms in total. The van der Waals surface area contributed by atoms with E-state index in [0.29, 0.717) is 5.75 Å². The summed E-state index contributed by atoms with van der Waals surface area (Å²) < 4.78 is 0. The fraction of sp³-hybridized carbons (Fsp3) is 0.333. The van der Waals surface area contributed by atoms with Crippen molar-refractivity contribution in [2.24, 2.45) is 0 Å². The fourth-order valence-electron chi connectivity index (χ4n) is 3.09. The molecule has 1 N–H and O–H groups in total. The first-order valence-electron chi connectivity index (χ1n) is 7.39. The summed E-state index contributed by atoms with van der Waals surface area (Å²) in [5.74, 6) is 0.345. The van der Waals surface area contributed by atoms with Crippen molar-refractivity contribution >= 4 is 5.69 Å². The summed E-state index contributed by atoms with van der Waals surface area (Å²) >= 11 is 0. The number of hydrogen-bond donors (Lipinski definition) is 1. The molecule has 2 aromatic rings. The first-order chi connectivity index (χ1) is 9.75. The Labute approximate surface area is 120 Å². The van der Waals surface area contributed by atoms with E-state index < -0.39 is 0 Å². The number of anilines is 1. The van der Waals surface area contributed by atoms with Gasteiger partial charge in [0, 0.05) is 12.2 Å². The molecule has 0 fully saturated rings. The van der Waals surface area contributed by atoms with E-state index in [1.54, 1.807) is 6.07 Å². The van der Waals surface area contributed by atoms with E-state index in [4.69, 9.17) is 0 Å². The lowest BCUT2D eigenvalue weighted by Gasteiger charge is -2.32. The maximum atomic E-state index is 9.69. The molecule has 0 amide bonds. The van der Waals surface area contributed by atoms with Crippen molar-refractivity contribution in [2.45, 2.75) is 32.2 Å². The maximum absolute atomic E-state index is 9.69. The number of benzene rings is 2. The van der Waals surface area contributed by atoms with Gasteiger partial charge in [-0.1, -0.05) is 30.3 Å². The first kappa shape index (κ1) is 13.0.